The summed E-state index contributed by atoms with van der Waals surface area (Å²) in [6, 6.07) is 0. The third kappa shape index (κ3) is 1.62. The van der Waals surface area contributed by atoms with Crippen LogP contribution in [0.25, 0.3) is 0 Å². The molecule has 1 spiro atoms. The molecule has 0 saturated carbocycles. The van der Waals surface area contributed by atoms with E-state index >= 15 is 0 Å². The van der Waals surface area contributed by atoms with E-state index in [0.717, 1.165) is 0 Å². The van der Waals surface area contributed by atoms with E-state index in [1.54, 1.807) is 0 Å². The minimum atomic E-state index is 0.269. The molecule has 1 unspecified atom stereocenters. The van der Waals surface area contributed by atoms with Crippen LogP contribution >= 0.6 is 0 Å². The summed E-state index contributed by atoms with van der Waals surface area (Å²) in [7, 11) is 0. The Kier molecular flexibility index (Phi) is 2.37. The lowest BCUT2D eigenvalue weighted by Crippen LogP contribution is -2.61. The molecule has 0 aromatic heterocycles. The van der Waals surface area contributed by atoms with Gasteiger partial charge in [-0.3, -0.25) is 4.90 Å². The van der Waals surface area contributed by atoms with Crippen LogP contribution in [-0.2, 0) is 4.74 Å². The fraction of sp³-hybridized carbons (Fsp3) is 1.00. The molecule has 0 aromatic carbocycles. The number of hydrogen-bond donors (Lipinski definition) is 0. The number of likely N-dealkylation sites (tertiary alicyclic amines) is 1. The zero-order valence-electron chi connectivity index (χ0n) is 9.05. The molecular weight excluding hydrogens is 162 g/mol. The Hall–Kier alpha value is -0.0800. The first-order chi connectivity index (χ1) is 6.15. The van der Waals surface area contributed by atoms with Gasteiger partial charge >= 0.3 is 0 Å². The molecule has 2 fully saturated rings. The van der Waals surface area contributed by atoms with Crippen LogP contribution in [0.4, 0.5) is 0 Å². The van der Waals surface area contributed by atoms with Gasteiger partial charge in [-0.05, 0) is 25.3 Å². The molecule has 0 bridgehead atoms. The fourth-order valence-corrected chi connectivity index (χ4v) is 2.54. The van der Waals surface area contributed by atoms with Crippen molar-refractivity contribution in [3.63, 3.8) is 0 Å². The van der Waals surface area contributed by atoms with E-state index in [0.29, 0.717) is 12.0 Å². The van der Waals surface area contributed by atoms with E-state index in [1.165, 1.54) is 32.5 Å². The Labute approximate surface area is 81.3 Å². The molecule has 2 nitrogen and oxygen atoms in total. The minimum absolute atomic E-state index is 0.269. The first-order valence-corrected chi connectivity index (χ1v) is 5.55. The monoisotopic (exact) mass is 183 g/mol. The van der Waals surface area contributed by atoms with E-state index in [-0.39, 0.29) is 5.60 Å². The van der Waals surface area contributed by atoms with Crippen molar-refractivity contribution in [2.45, 2.75) is 45.3 Å². The summed E-state index contributed by atoms with van der Waals surface area (Å²) in [4.78, 5) is 2.46. The van der Waals surface area contributed by atoms with Crippen LogP contribution in [-0.4, -0.2) is 36.2 Å². The molecule has 13 heavy (non-hydrogen) atoms. The van der Waals surface area contributed by atoms with Gasteiger partial charge in [-0.1, -0.05) is 20.8 Å². The predicted octanol–water partition coefficient (Wildman–Crippen LogP) is 1.90. The second-order valence-electron chi connectivity index (χ2n) is 4.93. The Morgan fingerprint density at radius 3 is 2.62 bits per heavy atom. The van der Waals surface area contributed by atoms with Crippen LogP contribution < -0.4 is 0 Å². The van der Waals surface area contributed by atoms with Crippen LogP contribution in [0.3, 0.4) is 0 Å². The van der Waals surface area contributed by atoms with Crippen LogP contribution in [0.1, 0.15) is 33.6 Å². The summed E-state index contributed by atoms with van der Waals surface area (Å²) < 4.78 is 6.14. The molecule has 0 amide bonds. The van der Waals surface area contributed by atoms with Crippen LogP contribution in [0.5, 0.6) is 0 Å². The molecule has 2 heterocycles. The van der Waals surface area contributed by atoms with E-state index in [4.69, 9.17) is 4.74 Å². The number of hydrogen-bond acceptors (Lipinski definition) is 2. The average molecular weight is 183 g/mol. The Morgan fingerprint density at radius 1 is 1.46 bits per heavy atom. The van der Waals surface area contributed by atoms with Gasteiger partial charge in [-0.25, -0.2) is 0 Å². The Morgan fingerprint density at radius 2 is 2.15 bits per heavy atom. The molecule has 2 rings (SSSR count). The van der Waals surface area contributed by atoms with Crippen molar-refractivity contribution in [2.24, 2.45) is 5.92 Å². The highest BCUT2D eigenvalue weighted by Gasteiger charge is 2.49. The summed E-state index contributed by atoms with van der Waals surface area (Å²) in [5.41, 5.74) is 0.269. The van der Waals surface area contributed by atoms with E-state index in [2.05, 4.69) is 25.7 Å². The number of rotatable bonds is 2. The van der Waals surface area contributed by atoms with Gasteiger partial charge in [0.2, 0.25) is 0 Å². The highest BCUT2D eigenvalue weighted by Crippen LogP contribution is 2.39. The van der Waals surface area contributed by atoms with Gasteiger partial charge in [0, 0.05) is 13.1 Å². The van der Waals surface area contributed by atoms with Crippen molar-refractivity contribution in [3.8, 4) is 0 Å². The summed E-state index contributed by atoms with van der Waals surface area (Å²) in [6.45, 7) is 10.3. The van der Waals surface area contributed by atoms with Gasteiger partial charge < -0.3 is 4.74 Å². The first-order valence-electron chi connectivity index (χ1n) is 5.55. The zero-order valence-corrected chi connectivity index (χ0v) is 9.05. The van der Waals surface area contributed by atoms with Gasteiger partial charge in [0.1, 0.15) is 0 Å². The van der Waals surface area contributed by atoms with Crippen LogP contribution in [0.15, 0.2) is 0 Å². The lowest BCUT2D eigenvalue weighted by atomic mass is 9.90. The van der Waals surface area contributed by atoms with Gasteiger partial charge in [0.05, 0.1) is 11.7 Å². The van der Waals surface area contributed by atoms with E-state index < -0.39 is 0 Å². The van der Waals surface area contributed by atoms with Gasteiger partial charge in [-0.15, -0.1) is 0 Å². The second-order valence-corrected chi connectivity index (χ2v) is 4.93. The maximum Gasteiger partial charge on any atom is 0.0939 e. The van der Waals surface area contributed by atoms with Crippen molar-refractivity contribution >= 4 is 0 Å². The third-order valence-corrected chi connectivity index (χ3v) is 3.50. The predicted molar refractivity (Wildman–Crippen MR) is 53.8 cm³/mol. The molecular formula is C11H21NO. The van der Waals surface area contributed by atoms with Crippen molar-refractivity contribution < 1.29 is 4.74 Å². The third-order valence-electron chi connectivity index (χ3n) is 3.50. The highest BCUT2D eigenvalue weighted by atomic mass is 16.5. The van der Waals surface area contributed by atoms with Crippen molar-refractivity contribution in [1.29, 1.82) is 0 Å². The lowest BCUT2D eigenvalue weighted by molar-refractivity contribution is -0.141. The quantitative estimate of drug-likeness (QED) is 0.648. The van der Waals surface area contributed by atoms with Crippen molar-refractivity contribution in [2.75, 3.05) is 19.6 Å². The van der Waals surface area contributed by atoms with Gasteiger partial charge in [0.25, 0.3) is 0 Å². The van der Waals surface area contributed by atoms with Crippen molar-refractivity contribution in [1.82, 2.24) is 4.90 Å². The number of ether oxygens (including phenoxy) is 1. The molecule has 1 atom stereocenters. The maximum atomic E-state index is 6.14. The van der Waals surface area contributed by atoms with Gasteiger partial charge in [-0.2, -0.15) is 0 Å². The molecule has 76 valence electrons. The topological polar surface area (TPSA) is 12.5 Å². The molecule has 2 heteroatoms. The molecule has 0 aromatic rings. The first kappa shape index (κ1) is 9.47. The van der Waals surface area contributed by atoms with Gasteiger partial charge in [0.15, 0.2) is 0 Å². The second kappa shape index (κ2) is 3.25. The fourth-order valence-electron chi connectivity index (χ4n) is 2.54. The average Bonchev–Trinajstić information content (AvgIpc) is 2.45. The minimum Gasteiger partial charge on any atom is -0.369 e. The summed E-state index contributed by atoms with van der Waals surface area (Å²) in [5.74, 6) is 0.690. The van der Waals surface area contributed by atoms with Crippen molar-refractivity contribution in [3.05, 3.63) is 0 Å². The number of likely N-dealkylation sites (N-methyl/N-ethyl adjacent to an activating group) is 1. The molecule has 0 radical (unpaired) electrons. The van der Waals surface area contributed by atoms with E-state index in [9.17, 15) is 0 Å². The smallest absolute Gasteiger partial charge is 0.0939 e. The summed E-state index contributed by atoms with van der Waals surface area (Å²) in [6.07, 6.45) is 3.08. The van der Waals surface area contributed by atoms with E-state index in [1.807, 2.05) is 0 Å². The number of nitrogens with zero attached hydrogens (tertiary/aromatic N) is 1. The lowest BCUT2D eigenvalue weighted by Gasteiger charge is -2.47. The normalized spacial score (nSPS) is 32.8. The Bertz CT molecular complexity index is 185. The molecule has 2 aliphatic heterocycles. The maximum absolute atomic E-state index is 6.14. The summed E-state index contributed by atoms with van der Waals surface area (Å²) in [5, 5.41) is 0. The van der Waals surface area contributed by atoms with Crippen LogP contribution in [0, 0.1) is 5.92 Å². The molecule has 2 aliphatic rings. The largest absolute Gasteiger partial charge is 0.369 e. The van der Waals surface area contributed by atoms with Crippen LogP contribution in [0.2, 0.25) is 0 Å². The molecule has 0 aliphatic carbocycles. The molecule has 0 N–H and O–H groups in total. The molecule has 2 saturated heterocycles. The standard InChI is InChI=1S/C11H21NO/c1-4-12-7-11(8-12)6-5-10(13-11)9(2)3/h9-10H,4-8H2,1-3H3. The summed E-state index contributed by atoms with van der Waals surface area (Å²) >= 11 is 0. The highest BCUT2D eigenvalue weighted by molar-refractivity contribution is 5.01. The zero-order chi connectivity index (χ0) is 9.47. The Balaban J connectivity index is 1.86. The SMILES string of the molecule is CCN1CC2(CCC(C(C)C)O2)C1.